The highest BCUT2D eigenvalue weighted by atomic mass is 16.5. The first-order valence-electron chi connectivity index (χ1n) is 9.34. The van der Waals surface area contributed by atoms with Gasteiger partial charge in [0, 0.05) is 38.8 Å². The van der Waals surface area contributed by atoms with Crippen molar-refractivity contribution in [2.75, 3.05) is 39.3 Å². The fraction of sp³-hybridized carbons (Fsp3) is 0.318. The summed E-state index contributed by atoms with van der Waals surface area (Å²) >= 11 is 0. The Kier molecular flexibility index (Phi) is 7.45. The van der Waals surface area contributed by atoms with Crippen LogP contribution >= 0.6 is 0 Å². The second-order valence-corrected chi connectivity index (χ2v) is 6.44. The SMILES string of the molecule is O=C(/C=C/c1cccc(OCc2ccccc2)c1)OCCN1CCNCC1. The van der Waals surface area contributed by atoms with Crippen LogP contribution in [-0.4, -0.2) is 50.2 Å². The number of hydrogen-bond acceptors (Lipinski definition) is 5. The van der Waals surface area contributed by atoms with Crippen LogP contribution in [0.15, 0.2) is 60.7 Å². The Balaban J connectivity index is 1.43. The molecular weight excluding hydrogens is 340 g/mol. The molecule has 2 aromatic rings. The van der Waals surface area contributed by atoms with Crippen molar-refractivity contribution in [3.8, 4) is 5.75 Å². The number of rotatable bonds is 8. The average molecular weight is 366 g/mol. The van der Waals surface area contributed by atoms with Crippen LogP contribution in [0.25, 0.3) is 6.08 Å². The van der Waals surface area contributed by atoms with Crippen LogP contribution in [0.3, 0.4) is 0 Å². The summed E-state index contributed by atoms with van der Waals surface area (Å²) in [4.78, 5) is 14.2. The van der Waals surface area contributed by atoms with Gasteiger partial charge >= 0.3 is 5.97 Å². The molecule has 5 nitrogen and oxygen atoms in total. The molecule has 0 amide bonds. The Morgan fingerprint density at radius 2 is 1.89 bits per heavy atom. The van der Waals surface area contributed by atoms with Crippen LogP contribution in [0.2, 0.25) is 0 Å². The van der Waals surface area contributed by atoms with Crippen molar-refractivity contribution in [2.45, 2.75) is 6.61 Å². The third-order valence-electron chi connectivity index (χ3n) is 4.38. The van der Waals surface area contributed by atoms with Gasteiger partial charge in [-0.15, -0.1) is 0 Å². The molecule has 0 radical (unpaired) electrons. The van der Waals surface area contributed by atoms with Crippen molar-refractivity contribution in [1.29, 1.82) is 0 Å². The van der Waals surface area contributed by atoms with Crippen LogP contribution in [0, 0.1) is 0 Å². The number of nitrogens with one attached hydrogen (secondary N) is 1. The highest BCUT2D eigenvalue weighted by Gasteiger charge is 2.09. The largest absolute Gasteiger partial charge is 0.489 e. The number of nitrogens with zero attached hydrogens (tertiary/aromatic N) is 1. The molecule has 1 aliphatic heterocycles. The highest BCUT2D eigenvalue weighted by molar-refractivity contribution is 5.87. The molecule has 0 saturated carbocycles. The fourth-order valence-corrected chi connectivity index (χ4v) is 2.87. The average Bonchev–Trinajstić information content (AvgIpc) is 2.73. The molecule has 0 spiro atoms. The van der Waals surface area contributed by atoms with Gasteiger partial charge in [0.25, 0.3) is 0 Å². The van der Waals surface area contributed by atoms with Gasteiger partial charge in [0.2, 0.25) is 0 Å². The Hall–Kier alpha value is -2.63. The van der Waals surface area contributed by atoms with Gasteiger partial charge in [0.1, 0.15) is 19.0 Å². The first-order chi connectivity index (χ1) is 13.3. The minimum atomic E-state index is -0.319. The van der Waals surface area contributed by atoms with Gasteiger partial charge in [-0.05, 0) is 29.3 Å². The van der Waals surface area contributed by atoms with Crippen molar-refractivity contribution in [2.24, 2.45) is 0 Å². The highest BCUT2D eigenvalue weighted by Crippen LogP contribution is 2.16. The summed E-state index contributed by atoms with van der Waals surface area (Å²) in [6.45, 7) is 5.72. The van der Waals surface area contributed by atoms with Crippen molar-refractivity contribution >= 4 is 12.0 Å². The molecule has 1 saturated heterocycles. The molecule has 1 fully saturated rings. The standard InChI is InChI=1S/C22H26N2O3/c25-22(26-16-15-24-13-11-23-12-14-24)10-9-19-7-4-8-21(17-19)27-18-20-5-2-1-3-6-20/h1-10,17,23H,11-16,18H2/b10-9+. The molecule has 1 heterocycles. The van der Waals surface area contributed by atoms with E-state index < -0.39 is 0 Å². The molecule has 0 bridgehead atoms. The Morgan fingerprint density at radius 1 is 1.07 bits per heavy atom. The number of piperazine rings is 1. The van der Waals surface area contributed by atoms with Crippen LogP contribution in [0.1, 0.15) is 11.1 Å². The molecule has 5 heteroatoms. The molecule has 3 rings (SSSR count). The molecule has 0 aromatic heterocycles. The van der Waals surface area contributed by atoms with Gasteiger partial charge in [-0.25, -0.2) is 4.79 Å². The molecule has 1 aliphatic rings. The molecule has 0 atom stereocenters. The van der Waals surface area contributed by atoms with E-state index >= 15 is 0 Å². The van der Waals surface area contributed by atoms with Gasteiger partial charge in [-0.1, -0.05) is 42.5 Å². The lowest BCUT2D eigenvalue weighted by molar-refractivity contribution is -0.138. The molecule has 27 heavy (non-hydrogen) atoms. The third kappa shape index (κ3) is 6.89. The smallest absolute Gasteiger partial charge is 0.330 e. The van der Waals surface area contributed by atoms with E-state index in [0.717, 1.165) is 49.6 Å². The van der Waals surface area contributed by atoms with Crippen molar-refractivity contribution < 1.29 is 14.3 Å². The van der Waals surface area contributed by atoms with E-state index in [9.17, 15) is 4.79 Å². The summed E-state index contributed by atoms with van der Waals surface area (Å²) < 4.78 is 11.1. The van der Waals surface area contributed by atoms with E-state index in [-0.39, 0.29) is 5.97 Å². The van der Waals surface area contributed by atoms with E-state index in [1.54, 1.807) is 6.08 Å². The zero-order valence-electron chi connectivity index (χ0n) is 15.5. The van der Waals surface area contributed by atoms with Crippen LogP contribution in [-0.2, 0) is 16.1 Å². The maximum absolute atomic E-state index is 11.9. The maximum atomic E-state index is 11.9. The summed E-state index contributed by atoms with van der Waals surface area (Å²) in [5.41, 5.74) is 2.02. The van der Waals surface area contributed by atoms with Gasteiger partial charge in [-0.2, -0.15) is 0 Å². The predicted molar refractivity (Wildman–Crippen MR) is 107 cm³/mol. The first kappa shape index (κ1) is 19.1. The van der Waals surface area contributed by atoms with Crippen molar-refractivity contribution in [1.82, 2.24) is 10.2 Å². The number of esters is 1. The second-order valence-electron chi connectivity index (χ2n) is 6.44. The van der Waals surface area contributed by atoms with Crippen LogP contribution in [0.5, 0.6) is 5.75 Å². The molecule has 142 valence electrons. The zero-order chi connectivity index (χ0) is 18.7. The number of benzene rings is 2. The van der Waals surface area contributed by atoms with Crippen LogP contribution < -0.4 is 10.1 Å². The van der Waals surface area contributed by atoms with Crippen molar-refractivity contribution in [3.63, 3.8) is 0 Å². The Labute approximate surface area is 160 Å². The van der Waals surface area contributed by atoms with Gasteiger partial charge in [0.15, 0.2) is 0 Å². The first-order valence-corrected chi connectivity index (χ1v) is 9.34. The van der Waals surface area contributed by atoms with E-state index in [1.807, 2.05) is 54.6 Å². The van der Waals surface area contributed by atoms with E-state index in [1.165, 1.54) is 6.08 Å². The monoisotopic (exact) mass is 366 g/mol. The molecule has 0 aliphatic carbocycles. The van der Waals surface area contributed by atoms with E-state index in [0.29, 0.717) is 13.2 Å². The predicted octanol–water partition coefficient (Wildman–Crippen LogP) is 2.73. The minimum absolute atomic E-state index is 0.319. The lowest BCUT2D eigenvalue weighted by atomic mass is 10.2. The van der Waals surface area contributed by atoms with Gasteiger partial charge in [-0.3, -0.25) is 4.90 Å². The third-order valence-corrected chi connectivity index (χ3v) is 4.38. The summed E-state index contributed by atoms with van der Waals surface area (Å²) in [5, 5.41) is 3.30. The fourth-order valence-electron chi connectivity index (χ4n) is 2.87. The maximum Gasteiger partial charge on any atom is 0.330 e. The van der Waals surface area contributed by atoms with Gasteiger partial charge in [0.05, 0.1) is 0 Å². The summed E-state index contributed by atoms with van der Waals surface area (Å²) in [5.74, 6) is 0.453. The molecule has 1 N–H and O–H groups in total. The molecular formula is C22H26N2O3. The Bertz CT molecular complexity index is 740. The topological polar surface area (TPSA) is 50.8 Å². The Morgan fingerprint density at radius 3 is 2.70 bits per heavy atom. The zero-order valence-corrected chi connectivity index (χ0v) is 15.5. The molecule has 0 unspecified atom stereocenters. The lowest BCUT2D eigenvalue weighted by Crippen LogP contribution is -2.44. The van der Waals surface area contributed by atoms with Crippen molar-refractivity contribution in [3.05, 3.63) is 71.8 Å². The van der Waals surface area contributed by atoms with Gasteiger partial charge < -0.3 is 14.8 Å². The summed E-state index contributed by atoms with van der Waals surface area (Å²) in [7, 11) is 0. The quantitative estimate of drug-likeness (QED) is 0.575. The number of ether oxygens (including phenoxy) is 2. The summed E-state index contributed by atoms with van der Waals surface area (Å²) in [6.07, 6.45) is 3.22. The minimum Gasteiger partial charge on any atom is -0.489 e. The number of hydrogen-bond donors (Lipinski definition) is 1. The normalized spacial score (nSPS) is 15.0. The second kappa shape index (κ2) is 10.5. The van der Waals surface area contributed by atoms with Crippen LogP contribution in [0.4, 0.5) is 0 Å². The number of carbonyl (C=O) groups excluding carboxylic acids is 1. The lowest BCUT2D eigenvalue weighted by Gasteiger charge is -2.26. The van der Waals surface area contributed by atoms with E-state index in [4.69, 9.17) is 9.47 Å². The molecule has 2 aromatic carbocycles. The number of carbonyl (C=O) groups is 1. The summed E-state index contributed by atoms with van der Waals surface area (Å²) in [6, 6.07) is 17.7. The van der Waals surface area contributed by atoms with E-state index in [2.05, 4.69) is 10.2 Å².